The Kier molecular flexibility index (Phi) is 5.74. The predicted octanol–water partition coefficient (Wildman–Crippen LogP) is 0.0281. The number of aromatic nitrogens is 2. The van der Waals surface area contributed by atoms with E-state index in [1.165, 1.54) is 12.4 Å². The van der Waals surface area contributed by atoms with Gasteiger partial charge in [0.05, 0.1) is 6.20 Å². The van der Waals surface area contributed by atoms with Gasteiger partial charge in [-0.3, -0.25) is 4.68 Å². The Hall–Kier alpha value is -0.960. The highest BCUT2D eigenvalue weighted by molar-refractivity contribution is 7.89. The third kappa shape index (κ3) is 4.50. The first-order valence-electron chi connectivity index (χ1n) is 7.43. The summed E-state index contributed by atoms with van der Waals surface area (Å²) in [5.74, 6) is 0. The number of hydrogen-bond donors (Lipinski definition) is 2. The molecule has 0 aromatic carbocycles. The largest absolute Gasteiger partial charge is 0.396 e. The molecule has 2 rings (SSSR count). The molecule has 21 heavy (non-hydrogen) atoms. The standard InChI is InChI=1S/C13H24N4O3S/c1-2-16-6-3-5-12(10-16)15-21(19,20)13-9-14-17(11-13)7-4-8-18/h9,11-12,15,18H,2-8,10H2,1H3. The minimum absolute atomic E-state index is 0.0375. The average molecular weight is 316 g/mol. The molecule has 1 unspecified atom stereocenters. The van der Waals surface area contributed by atoms with Gasteiger partial charge < -0.3 is 10.0 Å². The highest BCUT2D eigenvalue weighted by Gasteiger charge is 2.25. The molecule has 1 aromatic rings. The molecule has 0 radical (unpaired) electrons. The fourth-order valence-electron chi connectivity index (χ4n) is 2.56. The van der Waals surface area contributed by atoms with Crippen LogP contribution >= 0.6 is 0 Å². The quantitative estimate of drug-likeness (QED) is 0.741. The lowest BCUT2D eigenvalue weighted by Crippen LogP contribution is -2.47. The fourth-order valence-corrected chi connectivity index (χ4v) is 3.78. The Morgan fingerprint density at radius 1 is 1.52 bits per heavy atom. The van der Waals surface area contributed by atoms with E-state index in [4.69, 9.17) is 5.11 Å². The van der Waals surface area contributed by atoms with E-state index in [1.807, 2.05) is 0 Å². The number of nitrogens with zero attached hydrogens (tertiary/aromatic N) is 3. The number of likely N-dealkylation sites (tertiary alicyclic amines) is 1. The number of piperidine rings is 1. The van der Waals surface area contributed by atoms with Gasteiger partial charge in [-0.25, -0.2) is 13.1 Å². The molecule has 0 saturated carbocycles. The van der Waals surface area contributed by atoms with Gasteiger partial charge in [-0.2, -0.15) is 5.10 Å². The lowest BCUT2D eigenvalue weighted by atomic mass is 10.1. The van der Waals surface area contributed by atoms with E-state index in [2.05, 4.69) is 21.6 Å². The molecule has 0 aliphatic carbocycles. The van der Waals surface area contributed by atoms with E-state index in [1.54, 1.807) is 4.68 Å². The predicted molar refractivity (Wildman–Crippen MR) is 79.4 cm³/mol. The van der Waals surface area contributed by atoms with Crippen molar-refractivity contribution in [3.05, 3.63) is 12.4 Å². The summed E-state index contributed by atoms with van der Waals surface area (Å²) in [5.41, 5.74) is 0. The monoisotopic (exact) mass is 316 g/mol. The molecule has 120 valence electrons. The van der Waals surface area contributed by atoms with Crippen LogP contribution in [-0.4, -0.2) is 60.5 Å². The summed E-state index contributed by atoms with van der Waals surface area (Å²) in [6, 6.07) is -0.0375. The Morgan fingerprint density at radius 3 is 3.05 bits per heavy atom. The summed E-state index contributed by atoms with van der Waals surface area (Å²) in [6.07, 6.45) is 5.31. The molecular formula is C13H24N4O3S. The third-order valence-electron chi connectivity index (χ3n) is 3.74. The van der Waals surface area contributed by atoms with Crippen LogP contribution in [0.15, 0.2) is 17.3 Å². The Bertz CT molecular complexity index is 543. The Balaban J connectivity index is 1.99. The second kappa shape index (κ2) is 7.35. The third-order valence-corrected chi connectivity index (χ3v) is 5.21. The van der Waals surface area contributed by atoms with Crippen molar-refractivity contribution in [2.75, 3.05) is 26.2 Å². The summed E-state index contributed by atoms with van der Waals surface area (Å²) in [7, 11) is -3.52. The van der Waals surface area contributed by atoms with Crippen molar-refractivity contribution in [1.29, 1.82) is 0 Å². The number of aliphatic hydroxyl groups excluding tert-OH is 1. The molecule has 2 N–H and O–H groups in total. The van der Waals surface area contributed by atoms with Crippen molar-refractivity contribution < 1.29 is 13.5 Å². The molecule has 0 spiro atoms. The van der Waals surface area contributed by atoms with Gasteiger partial charge in [0.15, 0.2) is 0 Å². The van der Waals surface area contributed by atoms with Crippen LogP contribution in [0.5, 0.6) is 0 Å². The van der Waals surface area contributed by atoms with Gasteiger partial charge >= 0.3 is 0 Å². The van der Waals surface area contributed by atoms with Crippen LogP contribution in [0.2, 0.25) is 0 Å². The SMILES string of the molecule is CCN1CCCC(NS(=O)(=O)c2cnn(CCCO)c2)C1. The fraction of sp³-hybridized carbons (Fsp3) is 0.769. The van der Waals surface area contributed by atoms with Gasteiger partial charge in [0.2, 0.25) is 10.0 Å². The number of sulfonamides is 1. The second-order valence-electron chi connectivity index (χ2n) is 5.37. The first-order chi connectivity index (χ1) is 10.0. The first-order valence-corrected chi connectivity index (χ1v) is 8.91. The maximum Gasteiger partial charge on any atom is 0.243 e. The van der Waals surface area contributed by atoms with Crippen LogP contribution in [0.4, 0.5) is 0 Å². The maximum atomic E-state index is 12.4. The van der Waals surface area contributed by atoms with E-state index in [0.717, 1.165) is 32.5 Å². The normalized spacial score (nSPS) is 20.8. The van der Waals surface area contributed by atoms with Crippen molar-refractivity contribution in [3.63, 3.8) is 0 Å². The molecular weight excluding hydrogens is 292 g/mol. The molecule has 2 heterocycles. The van der Waals surface area contributed by atoms with Gasteiger partial charge in [0, 0.05) is 31.9 Å². The lowest BCUT2D eigenvalue weighted by molar-refractivity contribution is 0.211. The minimum atomic E-state index is -3.52. The summed E-state index contributed by atoms with van der Waals surface area (Å²) in [5, 5.41) is 12.8. The number of nitrogens with one attached hydrogen (secondary N) is 1. The van der Waals surface area contributed by atoms with Gasteiger partial charge in [-0.15, -0.1) is 0 Å². The van der Waals surface area contributed by atoms with Gasteiger partial charge in [0.25, 0.3) is 0 Å². The minimum Gasteiger partial charge on any atom is -0.396 e. The molecule has 7 nitrogen and oxygen atoms in total. The molecule has 1 saturated heterocycles. The maximum absolute atomic E-state index is 12.4. The Morgan fingerprint density at radius 2 is 2.33 bits per heavy atom. The van der Waals surface area contributed by atoms with Gasteiger partial charge in [0.1, 0.15) is 4.90 Å². The van der Waals surface area contributed by atoms with E-state index < -0.39 is 10.0 Å². The van der Waals surface area contributed by atoms with Crippen LogP contribution in [-0.2, 0) is 16.6 Å². The summed E-state index contributed by atoms with van der Waals surface area (Å²) in [6.45, 7) is 5.40. The van der Waals surface area contributed by atoms with E-state index in [-0.39, 0.29) is 17.5 Å². The molecule has 1 aromatic heterocycles. The zero-order valence-corrected chi connectivity index (χ0v) is 13.2. The van der Waals surface area contributed by atoms with Crippen molar-refractivity contribution >= 4 is 10.0 Å². The topological polar surface area (TPSA) is 87.5 Å². The molecule has 1 aliphatic rings. The van der Waals surface area contributed by atoms with Gasteiger partial charge in [-0.1, -0.05) is 6.92 Å². The lowest BCUT2D eigenvalue weighted by Gasteiger charge is -2.31. The molecule has 0 amide bonds. The highest BCUT2D eigenvalue weighted by atomic mass is 32.2. The van der Waals surface area contributed by atoms with E-state index >= 15 is 0 Å². The van der Waals surface area contributed by atoms with Crippen LogP contribution in [0.25, 0.3) is 0 Å². The van der Waals surface area contributed by atoms with Crippen LogP contribution < -0.4 is 4.72 Å². The number of aryl methyl sites for hydroxylation is 1. The molecule has 0 bridgehead atoms. The smallest absolute Gasteiger partial charge is 0.243 e. The average Bonchev–Trinajstić information content (AvgIpc) is 2.94. The van der Waals surface area contributed by atoms with Crippen LogP contribution in [0.3, 0.4) is 0 Å². The molecule has 8 heteroatoms. The second-order valence-corrected chi connectivity index (χ2v) is 7.08. The zero-order valence-electron chi connectivity index (χ0n) is 12.4. The number of aliphatic hydroxyl groups is 1. The van der Waals surface area contributed by atoms with Crippen molar-refractivity contribution in [3.8, 4) is 0 Å². The summed E-state index contributed by atoms with van der Waals surface area (Å²) < 4.78 is 29.0. The van der Waals surface area contributed by atoms with Crippen molar-refractivity contribution in [1.82, 2.24) is 19.4 Å². The number of likely N-dealkylation sites (N-methyl/N-ethyl adjacent to an activating group) is 1. The van der Waals surface area contributed by atoms with Crippen LogP contribution in [0, 0.1) is 0 Å². The molecule has 1 aliphatic heterocycles. The number of rotatable bonds is 7. The summed E-state index contributed by atoms with van der Waals surface area (Å²) in [4.78, 5) is 2.44. The first kappa shape index (κ1) is 16.4. The summed E-state index contributed by atoms with van der Waals surface area (Å²) >= 11 is 0. The highest BCUT2D eigenvalue weighted by Crippen LogP contribution is 2.14. The van der Waals surface area contributed by atoms with Crippen molar-refractivity contribution in [2.24, 2.45) is 0 Å². The zero-order chi connectivity index (χ0) is 15.3. The van der Waals surface area contributed by atoms with Crippen LogP contribution in [0.1, 0.15) is 26.2 Å². The van der Waals surface area contributed by atoms with Gasteiger partial charge in [-0.05, 0) is 32.4 Å². The molecule has 1 fully saturated rings. The van der Waals surface area contributed by atoms with Crippen molar-refractivity contribution in [2.45, 2.75) is 43.7 Å². The number of hydrogen-bond acceptors (Lipinski definition) is 5. The van der Waals surface area contributed by atoms with E-state index in [9.17, 15) is 8.42 Å². The van der Waals surface area contributed by atoms with E-state index in [0.29, 0.717) is 13.0 Å². The Labute approximate surface area is 126 Å². The molecule has 1 atom stereocenters.